The fourth-order valence-electron chi connectivity index (χ4n) is 1.80. The van der Waals surface area contributed by atoms with Gasteiger partial charge in [0, 0.05) is 11.1 Å². The van der Waals surface area contributed by atoms with Gasteiger partial charge in [-0.25, -0.2) is 8.42 Å². The first kappa shape index (κ1) is 21.9. The van der Waals surface area contributed by atoms with Crippen molar-refractivity contribution in [2.24, 2.45) is 0 Å². The van der Waals surface area contributed by atoms with E-state index in [0.717, 1.165) is 0 Å². The average molecular weight is 405 g/mol. The van der Waals surface area contributed by atoms with E-state index in [1.165, 1.54) is 24.3 Å². The van der Waals surface area contributed by atoms with Gasteiger partial charge in [-0.05, 0) is 38.1 Å². The van der Waals surface area contributed by atoms with Crippen molar-refractivity contribution < 1.29 is 27.5 Å². The molecule has 8 nitrogen and oxygen atoms in total. The van der Waals surface area contributed by atoms with Crippen molar-refractivity contribution in [2.45, 2.75) is 31.2 Å². The Hall–Kier alpha value is -2.13. The van der Waals surface area contributed by atoms with E-state index in [4.69, 9.17) is 16.3 Å². The van der Waals surface area contributed by atoms with Crippen molar-refractivity contribution in [2.75, 3.05) is 18.9 Å². The Kier molecular flexibility index (Phi) is 8.53. The van der Waals surface area contributed by atoms with Gasteiger partial charge in [0.1, 0.15) is 0 Å². The molecule has 0 fully saturated rings. The number of carbonyl (C=O) groups excluding carboxylic acids is 3. The molecule has 0 saturated carbocycles. The molecule has 0 heterocycles. The summed E-state index contributed by atoms with van der Waals surface area (Å²) in [6.07, 6.45) is -0.397. The monoisotopic (exact) mass is 404 g/mol. The third kappa shape index (κ3) is 8.30. The van der Waals surface area contributed by atoms with Crippen molar-refractivity contribution >= 4 is 39.2 Å². The van der Waals surface area contributed by atoms with E-state index in [1.54, 1.807) is 13.8 Å². The van der Waals surface area contributed by atoms with Gasteiger partial charge in [-0.2, -0.15) is 0 Å². The third-order valence-corrected chi connectivity index (χ3v) is 4.99. The number of halogens is 1. The van der Waals surface area contributed by atoms with Crippen LogP contribution in [0.2, 0.25) is 5.02 Å². The molecule has 1 aromatic carbocycles. The highest BCUT2D eigenvalue weighted by atomic mass is 35.5. The van der Waals surface area contributed by atoms with Crippen LogP contribution < -0.4 is 10.6 Å². The molecule has 0 aliphatic rings. The predicted molar refractivity (Wildman–Crippen MR) is 95.4 cm³/mol. The maximum absolute atomic E-state index is 12.1. The van der Waals surface area contributed by atoms with Gasteiger partial charge in [0.25, 0.3) is 5.91 Å². The molecule has 2 amide bonds. The number of hydrogen-bond donors (Lipinski definition) is 2. The zero-order chi connectivity index (χ0) is 19.7. The zero-order valence-corrected chi connectivity index (χ0v) is 16.0. The van der Waals surface area contributed by atoms with Crippen LogP contribution in [-0.4, -0.2) is 51.1 Å². The maximum Gasteiger partial charge on any atom is 0.307 e. The second-order valence-electron chi connectivity index (χ2n) is 5.68. The standard InChI is InChI=1S/C16H21ClN2O6S/c1-11(2)19-14(20)9-18-15(21)10-25-16(22)7-8-26(23,24)13-5-3-12(17)4-6-13/h3-6,11H,7-10H2,1-2H3,(H,18,21)(H,19,20). The lowest BCUT2D eigenvalue weighted by Crippen LogP contribution is -2.41. The van der Waals surface area contributed by atoms with E-state index in [1.807, 2.05) is 0 Å². The molecule has 144 valence electrons. The summed E-state index contributed by atoms with van der Waals surface area (Å²) >= 11 is 5.70. The molecule has 0 aliphatic heterocycles. The van der Waals surface area contributed by atoms with Crippen molar-refractivity contribution in [3.05, 3.63) is 29.3 Å². The SMILES string of the molecule is CC(C)NC(=O)CNC(=O)COC(=O)CCS(=O)(=O)c1ccc(Cl)cc1. The molecule has 1 rings (SSSR count). The van der Waals surface area contributed by atoms with Gasteiger partial charge in [-0.3, -0.25) is 14.4 Å². The molecular formula is C16H21ClN2O6S. The van der Waals surface area contributed by atoms with E-state index < -0.39 is 40.5 Å². The summed E-state index contributed by atoms with van der Waals surface area (Å²) in [4.78, 5) is 34.5. The first-order valence-electron chi connectivity index (χ1n) is 7.80. The van der Waals surface area contributed by atoms with Crippen molar-refractivity contribution in [3.63, 3.8) is 0 Å². The Morgan fingerprint density at radius 1 is 1.12 bits per heavy atom. The Morgan fingerprint density at radius 2 is 1.73 bits per heavy atom. The lowest BCUT2D eigenvalue weighted by Gasteiger charge is -2.09. The lowest BCUT2D eigenvalue weighted by atomic mass is 10.4. The molecule has 0 spiro atoms. The first-order valence-corrected chi connectivity index (χ1v) is 9.83. The largest absolute Gasteiger partial charge is 0.456 e. The molecule has 10 heteroatoms. The molecule has 26 heavy (non-hydrogen) atoms. The Labute approximate surface area is 157 Å². The number of nitrogens with one attached hydrogen (secondary N) is 2. The van der Waals surface area contributed by atoms with Crippen LogP contribution in [0, 0.1) is 0 Å². The van der Waals surface area contributed by atoms with Crippen LogP contribution in [0.25, 0.3) is 0 Å². The summed E-state index contributed by atoms with van der Waals surface area (Å²) in [7, 11) is -3.66. The number of rotatable bonds is 9. The van der Waals surface area contributed by atoms with Crippen molar-refractivity contribution in [3.8, 4) is 0 Å². The molecule has 0 aromatic heterocycles. The van der Waals surface area contributed by atoms with E-state index in [9.17, 15) is 22.8 Å². The highest BCUT2D eigenvalue weighted by molar-refractivity contribution is 7.91. The summed E-state index contributed by atoms with van der Waals surface area (Å²) < 4.78 is 28.9. The van der Waals surface area contributed by atoms with Crippen LogP contribution in [-0.2, 0) is 29.0 Å². The van der Waals surface area contributed by atoms with Gasteiger partial charge in [0.05, 0.1) is 23.6 Å². The molecule has 0 aliphatic carbocycles. The van der Waals surface area contributed by atoms with E-state index in [-0.39, 0.29) is 23.4 Å². The summed E-state index contributed by atoms with van der Waals surface area (Å²) in [6, 6.07) is 5.51. The lowest BCUT2D eigenvalue weighted by molar-refractivity contribution is -0.148. The number of amides is 2. The van der Waals surface area contributed by atoms with Crippen LogP contribution >= 0.6 is 11.6 Å². The molecule has 0 saturated heterocycles. The van der Waals surface area contributed by atoms with Gasteiger partial charge >= 0.3 is 5.97 Å². The summed E-state index contributed by atoms with van der Waals surface area (Å²) in [5.41, 5.74) is 0. The van der Waals surface area contributed by atoms with Gasteiger partial charge < -0.3 is 15.4 Å². The van der Waals surface area contributed by atoms with Crippen LogP contribution in [0.5, 0.6) is 0 Å². The summed E-state index contributed by atoms with van der Waals surface area (Å²) in [6.45, 7) is 2.73. The molecular weight excluding hydrogens is 384 g/mol. The van der Waals surface area contributed by atoms with Crippen LogP contribution in [0.15, 0.2) is 29.2 Å². The summed E-state index contributed by atoms with van der Waals surface area (Å²) in [5.74, 6) is -2.30. The van der Waals surface area contributed by atoms with Crippen molar-refractivity contribution in [1.82, 2.24) is 10.6 Å². The first-order chi connectivity index (χ1) is 12.1. The van der Waals surface area contributed by atoms with Crippen molar-refractivity contribution in [1.29, 1.82) is 0 Å². The Bertz CT molecular complexity index is 747. The summed E-state index contributed by atoms with van der Waals surface area (Å²) in [5, 5.41) is 5.27. The maximum atomic E-state index is 12.1. The van der Waals surface area contributed by atoms with E-state index in [2.05, 4.69) is 10.6 Å². The average Bonchev–Trinajstić information content (AvgIpc) is 2.56. The highest BCUT2D eigenvalue weighted by Gasteiger charge is 2.18. The minimum atomic E-state index is -3.66. The normalized spacial score (nSPS) is 11.1. The fourth-order valence-corrected chi connectivity index (χ4v) is 3.15. The van der Waals surface area contributed by atoms with Crippen LogP contribution in [0.4, 0.5) is 0 Å². The topological polar surface area (TPSA) is 119 Å². The Morgan fingerprint density at radius 3 is 2.31 bits per heavy atom. The number of sulfone groups is 1. The Balaban J connectivity index is 2.34. The van der Waals surface area contributed by atoms with Gasteiger partial charge in [-0.15, -0.1) is 0 Å². The number of hydrogen-bond acceptors (Lipinski definition) is 6. The second kappa shape index (κ2) is 10.1. The molecule has 1 aromatic rings. The minimum absolute atomic E-state index is 0.0450. The minimum Gasteiger partial charge on any atom is -0.456 e. The zero-order valence-electron chi connectivity index (χ0n) is 14.5. The molecule has 2 N–H and O–H groups in total. The molecule has 0 radical (unpaired) electrons. The van der Waals surface area contributed by atoms with Gasteiger partial charge in [-0.1, -0.05) is 11.6 Å². The number of benzene rings is 1. The second-order valence-corrected chi connectivity index (χ2v) is 8.23. The van der Waals surface area contributed by atoms with Gasteiger partial charge in [0.15, 0.2) is 16.4 Å². The molecule has 0 atom stereocenters. The quantitative estimate of drug-likeness (QED) is 0.584. The molecule has 0 bridgehead atoms. The van der Waals surface area contributed by atoms with Crippen LogP contribution in [0.3, 0.4) is 0 Å². The van der Waals surface area contributed by atoms with Gasteiger partial charge in [0.2, 0.25) is 5.91 Å². The predicted octanol–water partition coefficient (Wildman–Crippen LogP) is 0.688. The number of ether oxygens (including phenoxy) is 1. The third-order valence-electron chi connectivity index (χ3n) is 3.01. The highest BCUT2D eigenvalue weighted by Crippen LogP contribution is 2.16. The van der Waals surface area contributed by atoms with Crippen LogP contribution in [0.1, 0.15) is 20.3 Å². The van der Waals surface area contributed by atoms with E-state index >= 15 is 0 Å². The smallest absolute Gasteiger partial charge is 0.307 e. The number of carbonyl (C=O) groups is 3. The van der Waals surface area contributed by atoms with E-state index in [0.29, 0.717) is 5.02 Å². The number of esters is 1. The molecule has 0 unspecified atom stereocenters. The fraction of sp³-hybridized carbons (Fsp3) is 0.438.